The first-order valence-electron chi connectivity index (χ1n) is 11.9. The number of hydrogen-bond donors (Lipinski definition) is 1. The number of hydrogen-bond acceptors (Lipinski definition) is 5. The summed E-state index contributed by atoms with van der Waals surface area (Å²) >= 11 is 0. The van der Waals surface area contributed by atoms with Crippen LogP contribution in [0.5, 0.6) is 5.75 Å². The van der Waals surface area contributed by atoms with Crippen LogP contribution in [-0.2, 0) is 11.3 Å². The zero-order valence-electron chi connectivity index (χ0n) is 20.6. The van der Waals surface area contributed by atoms with Gasteiger partial charge in [0.2, 0.25) is 5.91 Å². The van der Waals surface area contributed by atoms with Gasteiger partial charge in [0.05, 0.1) is 29.1 Å². The van der Waals surface area contributed by atoms with Crippen LogP contribution in [0.15, 0.2) is 59.4 Å². The van der Waals surface area contributed by atoms with Crippen molar-refractivity contribution in [3.63, 3.8) is 0 Å². The summed E-state index contributed by atoms with van der Waals surface area (Å²) in [5, 5.41) is 12.4. The number of rotatable bonds is 9. The van der Waals surface area contributed by atoms with E-state index in [-0.39, 0.29) is 11.5 Å². The fourth-order valence-corrected chi connectivity index (χ4v) is 3.95. The molecule has 1 atom stereocenters. The second kappa shape index (κ2) is 10.5. The number of fused-ring (bicyclic) bond motifs is 1. The van der Waals surface area contributed by atoms with E-state index in [0.717, 1.165) is 29.8 Å². The summed E-state index contributed by atoms with van der Waals surface area (Å²) in [6, 6.07) is 16.5. The smallest absolute Gasteiger partial charge is 0.278 e. The average molecular weight is 474 g/mol. The van der Waals surface area contributed by atoms with Crippen LogP contribution in [0.1, 0.15) is 49.7 Å². The number of ether oxygens (including phenoxy) is 1. The Balaban J connectivity index is 1.52. The Bertz CT molecular complexity index is 1370. The van der Waals surface area contributed by atoms with Gasteiger partial charge in [-0.05, 0) is 57.0 Å². The number of unbranched alkanes of at least 4 members (excludes halogenated alkanes) is 1. The summed E-state index contributed by atoms with van der Waals surface area (Å²) < 4.78 is 8.67. The van der Waals surface area contributed by atoms with E-state index >= 15 is 0 Å². The van der Waals surface area contributed by atoms with Gasteiger partial charge in [-0.1, -0.05) is 43.7 Å². The van der Waals surface area contributed by atoms with E-state index in [9.17, 15) is 9.59 Å². The van der Waals surface area contributed by atoms with Crippen LogP contribution in [0.4, 0.5) is 0 Å². The number of aryl methyl sites for hydroxylation is 2. The molecule has 0 aliphatic heterocycles. The number of nitrogens with zero attached hydrogens (tertiary/aromatic N) is 4. The lowest BCUT2D eigenvalue weighted by Crippen LogP contribution is -2.37. The fourth-order valence-electron chi connectivity index (χ4n) is 3.95. The molecule has 8 heteroatoms. The van der Waals surface area contributed by atoms with Gasteiger partial charge in [0.25, 0.3) is 5.56 Å². The van der Waals surface area contributed by atoms with Crippen molar-refractivity contribution in [2.24, 2.45) is 0 Å². The van der Waals surface area contributed by atoms with Crippen molar-refractivity contribution < 1.29 is 9.53 Å². The molecule has 0 aliphatic carbocycles. The van der Waals surface area contributed by atoms with Crippen LogP contribution in [-0.4, -0.2) is 32.1 Å². The first-order chi connectivity index (χ1) is 16.9. The molecule has 0 radical (unpaired) electrons. The third-order valence-corrected chi connectivity index (χ3v) is 6.04. The molecule has 1 unspecified atom stereocenters. The summed E-state index contributed by atoms with van der Waals surface area (Å²) in [4.78, 5) is 26.3. The molecule has 1 amide bonds. The molecule has 0 spiro atoms. The lowest BCUT2D eigenvalue weighted by Gasteiger charge is -2.15. The van der Waals surface area contributed by atoms with Gasteiger partial charge in [-0.15, -0.1) is 0 Å². The monoisotopic (exact) mass is 473 g/mol. The minimum atomic E-state index is -0.776. The number of amides is 1. The lowest BCUT2D eigenvalue weighted by atomic mass is 10.2. The third-order valence-electron chi connectivity index (χ3n) is 6.04. The van der Waals surface area contributed by atoms with E-state index < -0.39 is 6.04 Å². The maximum Gasteiger partial charge on any atom is 0.278 e. The van der Waals surface area contributed by atoms with E-state index in [1.807, 2.05) is 61.5 Å². The van der Waals surface area contributed by atoms with E-state index in [0.29, 0.717) is 35.4 Å². The number of carbonyl (C=O) groups excluding carboxylic acids is 1. The summed E-state index contributed by atoms with van der Waals surface area (Å²) in [5.41, 5.74) is 3.32. The maximum absolute atomic E-state index is 13.4. The number of benzene rings is 2. The van der Waals surface area contributed by atoms with Crippen LogP contribution in [0.3, 0.4) is 0 Å². The first kappa shape index (κ1) is 24.2. The van der Waals surface area contributed by atoms with Crippen molar-refractivity contribution in [2.45, 2.75) is 53.1 Å². The summed E-state index contributed by atoms with van der Waals surface area (Å²) in [7, 11) is 0. The van der Waals surface area contributed by atoms with Crippen LogP contribution >= 0.6 is 0 Å². The first-order valence-corrected chi connectivity index (χ1v) is 11.9. The van der Waals surface area contributed by atoms with Gasteiger partial charge in [0.15, 0.2) is 0 Å². The predicted molar refractivity (Wildman–Crippen MR) is 136 cm³/mol. The van der Waals surface area contributed by atoms with Crippen molar-refractivity contribution in [1.82, 2.24) is 24.9 Å². The molecule has 0 fully saturated rings. The molecule has 0 saturated heterocycles. The summed E-state index contributed by atoms with van der Waals surface area (Å²) in [5.74, 6) is 0.530. The zero-order valence-corrected chi connectivity index (χ0v) is 20.6. The summed E-state index contributed by atoms with van der Waals surface area (Å²) in [6.07, 6.45) is 2.10. The highest BCUT2D eigenvalue weighted by Crippen LogP contribution is 2.21. The van der Waals surface area contributed by atoms with Gasteiger partial charge in [-0.25, -0.2) is 9.36 Å². The SMILES string of the molecule is CCCCOc1ccc(CNC(=O)C(C)n2nc(C)c3nn(-c4ccccc4)c(C)c3c2=O)cc1. The van der Waals surface area contributed by atoms with Crippen molar-refractivity contribution in [3.8, 4) is 11.4 Å². The minimum Gasteiger partial charge on any atom is -0.494 e. The molecule has 4 rings (SSSR count). The Morgan fingerprint density at radius 2 is 1.77 bits per heavy atom. The quantitative estimate of drug-likeness (QED) is 0.367. The number of para-hydroxylation sites is 1. The molecular formula is C27H31N5O3. The van der Waals surface area contributed by atoms with Crippen molar-refractivity contribution in [2.75, 3.05) is 6.61 Å². The molecule has 1 N–H and O–H groups in total. The molecule has 8 nitrogen and oxygen atoms in total. The largest absolute Gasteiger partial charge is 0.494 e. The number of nitrogens with one attached hydrogen (secondary N) is 1. The normalized spacial score (nSPS) is 12.0. The maximum atomic E-state index is 13.4. The van der Waals surface area contributed by atoms with Crippen LogP contribution in [0.2, 0.25) is 0 Å². The Hall–Kier alpha value is -3.94. The highest BCUT2D eigenvalue weighted by molar-refractivity contribution is 5.84. The lowest BCUT2D eigenvalue weighted by molar-refractivity contribution is -0.124. The third kappa shape index (κ3) is 5.11. The molecule has 2 aromatic heterocycles. The van der Waals surface area contributed by atoms with Gasteiger partial charge < -0.3 is 10.1 Å². The Labute approximate surface area is 204 Å². The molecule has 2 aromatic carbocycles. The van der Waals surface area contributed by atoms with E-state index in [1.165, 1.54) is 4.68 Å². The molecule has 0 saturated carbocycles. The van der Waals surface area contributed by atoms with Gasteiger partial charge >= 0.3 is 0 Å². The van der Waals surface area contributed by atoms with Crippen molar-refractivity contribution >= 4 is 16.8 Å². The molecule has 2 heterocycles. The van der Waals surface area contributed by atoms with Gasteiger partial charge in [-0.2, -0.15) is 10.2 Å². The molecular weight excluding hydrogens is 442 g/mol. The second-order valence-corrected chi connectivity index (χ2v) is 8.63. The molecule has 0 bridgehead atoms. The standard InChI is InChI=1S/C27H31N5O3/c1-5-6-16-35-23-14-12-21(13-15-23)17-28-26(33)20(4)32-27(34)24-19(3)31(22-10-8-7-9-11-22)30-25(24)18(2)29-32/h7-15,20H,5-6,16-17H2,1-4H3,(H,28,33). The highest BCUT2D eigenvalue weighted by Gasteiger charge is 2.23. The van der Waals surface area contributed by atoms with Crippen molar-refractivity contribution in [1.29, 1.82) is 0 Å². The van der Waals surface area contributed by atoms with Crippen LogP contribution < -0.4 is 15.6 Å². The zero-order chi connectivity index (χ0) is 24.9. The number of carbonyl (C=O) groups is 1. The molecule has 182 valence electrons. The Morgan fingerprint density at radius 1 is 1.06 bits per heavy atom. The van der Waals surface area contributed by atoms with E-state index in [1.54, 1.807) is 18.5 Å². The fraction of sp³-hybridized carbons (Fsp3) is 0.333. The van der Waals surface area contributed by atoms with Gasteiger partial charge in [0.1, 0.15) is 17.3 Å². The molecule has 0 aliphatic rings. The average Bonchev–Trinajstić information content (AvgIpc) is 3.23. The van der Waals surface area contributed by atoms with Crippen LogP contribution in [0.25, 0.3) is 16.6 Å². The van der Waals surface area contributed by atoms with Gasteiger partial charge in [0, 0.05) is 6.54 Å². The molecule has 4 aromatic rings. The van der Waals surface area contributed by atoms with Crippen LogP contribution in [0, 0.1) is 13.8 Å². The predicted octanol–water partition coefficient (Wildman–Crippen LogP) is 4.26. The molecule has 35 heavy (non-hydrogen) atoms. The highest BCUT2D eigenvalue weighted by atomic mass is 16.5. The second-order valence-electron chi connectivity index (χ2n) is 8.63. The van der Waals surface area contributed by atoms with Crippen molar-refractivity contribution in [3.05, 3.63) is 81.9 Å². The summed E-state index contributed by atoms with van der Waals surface area (Å²) in [6.45, 7) is 8.50. The number of aromatic nitrogens is 4. The van der Waals surface area contributed by atoms with E-state index in [4.69, 9.17) is 4.74 Å². The Kier molecular flexibility index (Phi) is 7.29. The van der Waals surface area contributed by atoms with Gasteiger partial charge in [-0.3, -0.25) is 9.59 Å². The minimum absolute atomic E-state index is 0.283. The Morgan fingerprint density at radius 3 is 2.46 bits per heavy atom. The van der Waals surface area contributed by atoms with E-state index in [2.05, 4.69) is 22.4 Å². The topological polar surface area (TPSA) is 91.0 Å².